The molecule has 0 fully saturated rings. The molecule has 0 aliphatic rings. The van der Waals surface area contributed by atoms with E-state index in [0.717, 1.165) is 19.3 Å². The van der Waals surface area contributed by atoms with E-state index in [9.17, 15) is 27.7 Å². The average Bonchev–Trinajstić information content (AvgIpc) is 2.73. The number of hydrogen-bond acceptors (Lipinski definition) is 4. The maximum Gasteiger partial charge on any atom is 0.328 e. The second-order valence-electron chi connectivity index (χ2n) is 8.96. The minimum Gasteiger partial charge on any atom is -0.480 e. The molecule has 0 bridgehead atoms. The standard InChI is InChI=1S/C24H47NO6S/c1-3-5-6-7-8-9-10-11-12-13-14-15-16-17-18-19-20-25-22(26)21-24(4-2,23(27)28)32(29,30)31/h3-21H2,1-2H3,(H,25,26)(H,27,28)(H,29,30,31). The third kappa shape index (κ3) is 13.4. The predicted molar refractivity (Wildman–Crippen MR) is 129 cm³/mol. The van der Waals surface area contributed by atoms with Crippen LogP contribution < -0.4 is 5.32 Å². The Kier molecular flexibility index (Phi) is 17.6. The van der Waals surface area contributed by atoms with Gasteiger partial charge in [-0.3, -0.25) is 14.1 Å². The fourth-order valence-corrected chi connectivity index (χ4v) is 4.86. The van der Waals surface area contributed by atoms with Crippen LogP contribution in [0.4, 0.5) is 0 Å². The summed E-state index contributed by atoms with van der Waals surface area (Å²) in [7, 11) is -4.89. The maximum absolute atomic E-state index is 12.0. The monoisotopic (exact) mass is 477 g/mol. The van der Waals surface area contributed by atoms with Gasteiger partial charge >= 0.3 is 5.97 Å². The fourth-order valence-electron chi connectivity index (χ4n) is 3.96. The Bertz CT molecular complexity index is 608. The van der Waals surface area contributed by atoms with Crippen LogP contribution in [0.25, 0.3) is 0 Å². The highest BCUT2D eigenvalue weighted by Crippen LogP contribution is 2.26. The Balaban J connectivity index is 3.64. The lowest BCUT2D eigenvalue weighted by Gasteiger charge is -2.23. The maximum atomic E-state index is 12.0. The minimum absolute atomic E-state index is 0.377. The fraction of sp³-hybridized carbons (Fsp3) is 0.917. The quantitative estimate of drug-likeness (QED) is 0.132. The van der Waals surface area contributed by atoms with E-state index in [1.165, 1.54) is 90.4 Å². The molecule has 1 atom stereocenters. The Morgan fingerprint density at radius 2 is 1.09 bits per heavy atom. The van der Waals surface area contributed by atoms with Crippen molar-refractivity contribution in [2.45, 2.75) is 134 Å². The molecule has 0 saturated carbocycles. The van der Waals surface area contributed by atoms with E-state index in [4.69, 9.17) is 0 Å². The summed E-state index contributed by atoms with van der Waals surface area (Å²) in [4.78, 5) is 23.3. The number of unbranched alkanes of at least 4 members (excludes halogenated alkanes) is 15. The molecule has 32 heavy (non-hydrogen) atoms. The van der Waals surface area contributed by atoms with E-state index in [1.807, 2.05) is 0 Å². The Morgan fingerprint density at radius 1 is 0.719 bits per heavy atom. The molecule has 0 aromatic carbocycles. The van der Waals surface area contributed by atoms with Gasteiger partial charge in [-0.25, -0.2) is 0 Å². The van der Waals surface area contributed by atoms with Crippen molar-refractivity contribution >= 4 is 22.0 Å². The third-order valence-electron chi connectivity index (χ3n) is 6.25. The molecule has 0 saturated heterocycles. The van der Waals surface area contributed by atoms with Crippen molar-refractivity contribution in [3.63, 3.8) is 0 Å². The first-order chi connectivity index (χ1) is 15.2. The van der Waals surface area contributed by atoms with E-state index in [-0.39, 0.29) is 6.42 Å². The van der Waals surface area contributed by atoms with Crippen LogP contribution in [0, 0.1) is 0 Å². The number of hydrogen-bond donors (Lipinski definition) is 3. The summed E-state index contributed by atoms with van der Waals surface area (Å²) < 4.78 is 29.8. The van der Waals surface area contributed by atoms with Crippen LogP contribution in [0.15, 0.2) is 0 Å². The molecule has 7 nitrogen and oxygen atoms in total. The van der Waals surface area contributed by atoms with Gasteiger partial charge in [0.1, 0.15) is 0 Å². The second kappa shape index (κ2) is 18.3. The van der Waals surface area contributed by atoms with Gasteiger partial charge in [-0.1, -0.05) is 110 Å². The first-order valence-corrected chi connectivity index (χ1v) is 14.1. The summed E-state index contributed by atoms with van der Waals surface area (Å²) in [5.41, 5.74) is 0. The summed E-state index contributed by atoms with van der Waals surface area (Å²) in [6, 6.07) is 0. The number of aliphatic carboxylic acids is 1. The van der Waals surface area contributed by atoms with Crippen molar-refractivity contribution in [2.24, 2.45) is 0 Å². The Morgan fingerprint density at radius 3 is 1.41 bits per heavy atom. The molecule has 1 unspecified atom stereocenters. The van der Waals surface area contributed by atoms with Crippen molar-refractivity contribution in [3.05, 3.63) is 0 Å². The lowest BCUT2D eigenvalue weighted by atomic mass is 10.0. The molecular formula is C24H47NO6S. The number of nitrogens with one attached hydrogen (secondary N) is 1. The van der Waals surface area contributed by atoms with Crippen LogP contribution in [-0.2, 0) is 19.7 Å². The molecule has 0 spiro atoms. The first-order valence-electron chi connectivity index (χ1n) is 12.7. The van der Waals surface area contributed by atoms with Crippen LogP contribution >= 0.6 is 0 Å². The zero-order chi connectivity index (χ0) is 24.3. The molecule has 0 aliphatic carbocycles. The number of amides is 1. The number of carboxylic acid groups (broad SMARTS) is 1. The summed E-state index contributed by atoms with van der Waals surface area (Å²) >= 11 is 0. The SMILES string of the molecule is CCCCCCCCCCCCCCCCCCNC(=O)CC(CC)(C(=O)O)S(=O)(=O)O. The average molecular weight is 478 g/mol. The largest absolute Gasteiger partial charge is 0.480 e. The number of carbonyl (C=O) groups excluding carboxylic acids is 1. The van der Waals surface area contributed by atoms with Gasteiger partial charge in [0, 0.05) is 6.54 Å². The van der Waals surface area contributed by atoms with Gasteiger partial charge in [0.15, 0.2) is 0 Å². The Labute approximate surface area is 195 Å². The zero-order valence-corrected chi connectivity index (χ0v) is 21.2. The summed E-state index contributed by atoms with van der Waals surface area (Å²) in [6.07, 6.45) is 18.9. The highest BCUT2D eigenvalue weighted by molar-refractivity contribution is 7.88. The van der Waals surface area contributed by atoms with Crippen molar-refractivity contribution in [1.82, 2.24) is 5.32 Å². The summed E-state index contributed by atoms with van der Waals surface area (Å²) in [5.74, 6) is -2.38. The van der Waals surface area contributed by atoms with Crippen molar-refractivity contribution in [2.75, 3.05) is 6.54 Å². The van der Waals surface area contributed by atoms with Gasteiger partial charge < -0.3 is 10.4 Å². The van der Waals surface area contributed by atoms with Crippen LogP contribution in [0.5, 0.6) is 0 Å². The minimum atomic E-state index is -4.89. The molecule has 3 N–H and O–H groups in total. The van der Waals surface area contributed by atoms with Crippen molar-refractivity contribution < 1.29 is 27.7 Å². The van der Waals surface area contributed by atoms with Gasteiger partial charge in [-0.05, 0) is 12.8 Å². The lowest BCUT2D eigenvalue weighted by Crippen LogP contribution is -2.49. The third-order valence-corrected chi connectivity index (χ3v) is 7.85. The molecule has 8 heteroatoms. The molecule has 0 radical (unpaired) electrons. The van der Waals surface area contributed by atoms with E-state index >= 15 is 0 Å². The highest BCUT2D eigenvalue weighted by Gasteiger charge is 2.50. The second-order valence-corrected chi connectivity index (χ2v) is 10.7. The van der Waals surface area contributed by atoms with Crippen molar-refractivity contribution in [1.29, 1.82) is 0 Å². The van der Waals surface area contributed by atoms with Gasteiger partial charge in [-0.2, -0.15) is 8.42 Å². The molecule has 0 aromatic heterocycles. The first kappa shape index (κ1) is 30.9. The summed E-state index contributed by atoms with van der Waals surface area (Å²) in [5, 5.41) is 11.8. The van der Waals surface area contributed by atoms with Gasteiger partial charge in [0.25, 0.3) is 10.1 Å². The molecule has 0 rings (SSSR count). The molecule has 0 heterocycles. The van der Waals surface area contributed by atoms with Crippen LogP contribution in [0.2, 0.25) is 0 Å². The van der Waals surface area contributed by atoms with Gasteiger partial charge in [-0.15, -0.1) is 0 Å². The Hall–Kier alpha value is -1.15. The van der Waals surface area contributed by atoms with Crippen molar-refractivity contribution in [3.8, 4) is 0 Å². The van der Waals surface area contributed by atoms with Gasteiger partial charge in [0.2, 0.25) is 10.7 Å². The van der Waals surface area contributed by atoms with Gasteiger partial charge in [0.05, 0.1) is 6.42 Å². The van der Waals surface area contributed by atoms with Crippen LogP contribution in [-0.4, -0.2) is 41.2 Å². The molecule has 1 amide bonds. The normalized spacial score (nSPS) is 13.6. The number of carbonyl (C=O) groups is 2. The van der Waals surface area contributed by atoms with Crippen LogP contribution in [0.1, 0.15) is 129 Å². The lowest BCUT2D eigenvalue weighted by molar-refractivity contribution is -0.142. The highest BCUT2D eigenvalue weighted by atomic mass is 32.2. The van der Waals surface area contributed by atoms with E-state index in [0.29, 0.717) is 6.54 Å². The molecule has 190 valence electrons. The summed E-state index contributed by atoms with van der Waals surface area (Å²) in [6.45, 7) is 3.95. The van der Waals surface area contributed by atoms with E-state index in [2.05, 4.69) is 12.2 Å². The predicted octanol–water partition coefficient (Wildman–Crippen LogP) is 5.88. The number of rotatable bonds is 22. The number of carboxylic acids is 1. The molecule has 0 aromatic rings. The van der Waals surface area contributed by atoms with E-state index < -0.39 is 33.2 Å². The molecular weight excluding hydrogens is 430 g/mol. The van der Waals surface area contributed by atoms with Crippen LogP contribution in [0.3, 0.4) is 0 Å². The smallest absolute Gasteiger partial charge is 0.328 e. The van der Waals surface area contributed by atoms with E-state index in [1.54, 1.807) is 0 Å². The molecule has 0 aliphatic heterocycles. The topological polar surface area (TPSA) is 121 Å². The zero-order valence-electron chi connectivity index (χ0n) is 20.4.